The number of hydrogen-bond acceptors (Lipinski definition) is 3. The molecule has 3 nitrogen and oxygen atoms in total. The quantitative estimate of drug-likeness (QED) is 0.860. The monoisotopic (exact) mass is 301 g/mol. The van der Waals surface area contributed by atoms with Gasteiger partial charge in [0.15, 0.2) is 5.76 Å². The fourth-order valence-corrected chi connectivity index (χ4v) is 2.02. The Hall–Kier alpha value is -1.00. The van der Waals surface area contributed by atoms with Gasteiger partial charge in [-0.25, -0.2) is 0 Å². The molecule has 0 aliphatic heterocycles. The third-order valence-electron chi connectivity index (χ3n) is 1.94. The molecule has 0 saturated heterocycles. The van der Waals surface area contributed by atoms with Gasteiger partial charge in [0.05, 0.1) is 10.2 Å². The van der Waals surface area contributed by atoms with Crippen LogP contribution in [0.25, 0.3) is 0 Å². The van der Waals surface area contributed by atoms with Crippen LogP contribution in [0.1, 0.15) is 11.5 Å². The Morgan fingerprint density at radius 2 is 2.25 bits per heavy atom. The minimum atomic E-state index is 0.348. The molecule has 0 fully saturated rings. The highest BCUT2D eigenvalue weighted by Crippen LogP contribution is 2.28. The maximum atomic E-state index is 5.82. The molecule has 2 aromatic rings. The van der Waals surface area contributed by atoms with Gasteiger partial charge < -0.3 is 9.26 Å². The Balaban J connectivity index is 2.04. The topological polar surface area (TPSA) is 35.3 Å². The van der Waals surface area contributed by atoms with Crippen molar-refractivity contribution in [2.75, 3.05) is 0 Å². The van der Waals surface area contributed by atoms with Crippen molar-refractivity contribution < 1.29 is 9.26 Å². The van der Waals surface area contributed by atoms with Crippen LogP contribution in [0.15, 0.2) is 33.3 Å². The zero-order valence-corrected chi connectivity index (χ0v) is 10.9. The van der Waals surface area contributed by atoms with Gasteiger partial charge in [0.25, 0.3) is 0 Å². The Kier molecular flexibility index (Phi) is 3.51. The molecule has 0 spiro atoms. The Morgan fingerprint density at radius 1 is 1.44 bits per heavy atom. The molecule has 1 heterocycles. The molecule has 0 saturated carbocycles. The Labute approximate surface area is 106 Å². The normalized spacial score (nSPS) is 10.4. The lowest BCUT2D eigenvalue weighted by molar-refractivity contribution is 0.247. The maximum Gasteiger partial charge on any atom is 0.174 e. The minimum absolute atomic E-state index is 0.348. The van der Waals surface area contributed by atoms with Gasteiger partial charge in [-0.15, -0.1) is 0 Å². The molecule has 0 radical (unpaired) electrons. The third kappa shape index (κ3) is 2.77. The van der Waals surface area contributed by atoms with Gasteiger partial charge in [0, 0.05) is 11.1 Å². The van der Waals surface area contributed by atoms with Gasteiger partial charge in [-0.2, -0.15) is 0 Å². The first kappa shape index (κ1) is 11.5. The molecule has 1 aromatic carbocycles. The summed E-state index contributed by atoms with van der Waals surface area (Å²) in [5.41, 5.74) is 0.841. The van der Waals surface area contributed by atoms with Crippen molar-refractivity contribution in [3.05, 3.63) is 45.2 Å². The van der Waals surface area contributed by atoms with E-state index in [0.29, 0.717) is 17.4 Å². The fraction of sp³-hybridized carbons (Fsp3) is 0.182. The molecule has 0 amide bonds. The largest absolute Gasteiger partial charge is 0.484 e. The molecule has 0 N–H and O–H groups in total. The highest BCUT2D eigenvalue weighted by molar-refractivity contribution is 9.10. The lowest BCUT2D eigenvalue weighted by Crippen LogP contribution is -1.94. The van der Waals surface area contributed by atoms with Crippen molar-refractivity contribution in [1.29, 1.82) is 0 Å². The molecular formula is C11H9BrClNO2. The van der Waals surface area contributed by atoms with E-state index in [2.05, 4.69) is 21.1 Å². The van der Waals surface area contributed by atoms with Crippen LogP contribution in [-0.4, -0.2) is 5.16 Å². The Morgan fingerprint density at radius 3 is 2.88 bits per heavy atom. The smallest absolute Gasteiger partial charge is 0.174 e. The van der Waals surface area contributed by atoms with Crippen LogP contribution >= 0.6 is 27.5 Å². The van der Waals surface area contributed by atoms with Crippen LogP contribution in [0.2, 0.25) is 5.02 Å². The van der Waals surface area contributed by atoms with Gasteiger partial charge in [0.2, 0.25) is 0 Å². The summed E-state index contributed by atoms with van der Waals surface area (Å²) in [5, 5.41) is 4.44. The second kappa shape index (κ2) is 4.89. The summed E-state index contributed by atoms with van der Waals surface area (Å²) >= 11 is 9.19. The summed E-state index contributed by atoms with van der Waals surface area (Å²) in [5.74, 6) is 1.41. The molecule has 0 atom stereocenters. The van der Waals surface area contributed by atoms with E-state index in [-0.39, 0.29) is 0 Å². The van der Waals surface area contributed by atoms with E-state index in [9.17, 15) is 0 Å². The molecule has 0 aliphatic rings. The van der Waals surface area contributed by atoms with Crippen molar-refractivity contribution in [2.45, 2.75) is 13.5 Å². The number of halogens is 2. The molecule has 0 aliphatic carbocycles. The molecule has 5 heteroatoms. The zero-order chi connectivity index (χ0) is 11.5. The summed E-state index contributed by atoms with van der Waals surface area (Å²) in [7, 11) is 0. The summed E-state index contributed by atoms with van der Waals surface area (Å²) in [6.07, 6.45) is 0. The average Bonchev–Trinajstić information content (AvgIpc) is 2.63. The van der Waals surface area contributed by atoms with Crippen molar-refractivity contribution >= 4 is 27.5 Å². The summed E-state index contributed by atoms with van der Waals surface area (Å²) in [6.45, 7) is 2.21. The van der Waals surface area contributed by atoms with E-state index in [0.717, 1.165) is 15.9 Å². The first-order valence-corrected chi connectivity index (χ1v) is 5.82. The molecule has 84 valence electrons. The molecular weight excluding hydrogens is 293 g/mol. The van der Waals surface area contributed by atoms with Gasteiger partial charge in [-0.3, -0.25) is 0 Å². The first-order chi connectivity index (χ1) is 7.65. The fourth-order valence-electron chi connectivity index (χ4n) is 1.23. The number of nitrogens with zero attached hydrogens (tertiary/aromatic N) is 1. The van der Waals surface area contributed by atoms with E-state index in [1.165, 1.54) is 0 Å². The van der Waals surface area contributed by atoms with E-state index in [4.69, 9.17) is 20.9 Å². The molecule has 0 unspecified atom stereocenters. The van der Waals surface area contributed by atoms with Crippen LogP contribution in [0, 0.1) is 6.92 Å². The third-order valence-corrected chi connectivity index (χ3v) is 2.80. The minimum Gasteiger partial charge on any atom is -0.484 e. The predicted molar refractivity (Wildman–Crippen MR) is 64.7 cm³/mol. The Bertz CT molecular complexity index is 498. The van der Waals surface area contributed by atoms with Crippen LogP contribution in [-0.2, 0) is 6.61 Å². The highest BCUT2D eigenvalue weighted by Gasteiger charge is 2.05. The number of aryl methyl sites for hydroxylation is 1. The number of aromatic nitrogens is 1. The number of ether oxygens (including phenoxy) is 1. The van der Waals surface area contributed by atoms with E-state index < -0.39 is 0 Å². The van der Waals surface area contributed by atoms with E-state index in [1.807, 2.05) is 13.0 Å². The highest BCUT2D eigenvalue weighted by atomic mass is 79.9. The standard InChI is InChI=1S/C11H9BrClNO2/c1-7-4-9(16-14-7)6-15-11-3-2-8(13)5-10(11)12/h2-5H,6H2,1H3. The van der Waals surface area contributed by atoms with Crippen molar-refractivity contribution in [3.63, 3.8) is 0 Å². The van der Waals surface area contributed by atoms with Gasteiger partial charge >= 0.3 is 0 Å². The van der Waals surface area contributed by atoms with Gasteiger partial charge in [-0.05, 0) is 41.1 Å². The van der Waals surface area contributed by atoms with Crippen LogP contribution in [0.5, 0.6) is 5.75 Å². The molecule has 2 rings (SSSR count). The van der Waals surface area contributed by atoms with Crippen LogP contribution < -0.4 is 4.74 Å². The summed E-state index contributed by atoms with van der Waals surface area (Å²) in [6, 6.07) is 7.19. The summed E-state index contributed by atoms with van der Waals surface area (Å²) in [4.78, 5) is 0. The predicted octanol–water partition coefficient (Wildman–Crippen LogP) is 3.98. The second-order valence-corrected chi connectivity index (χ2v) is 4.59. The van der Waals surface area contributed by atoms with Crippen LogP contribution in [0.4, 0.5) is 0 Å². The van der Waals surface area contributed by atoms with Gasteiger partial charge in [0.1, 0.15) is 12.4 Å². The SMILES string of the molecule is Cc1cc(COc2ccc(Cl)cc2Br)on1. The average molecular weight is 303 g/mol. The van der Waals surface area contributed by atoms with Gasteiger partial charge in [-0.1, -0.05) is 16.8 Å². The van der Waals surface area contributed by atoms with Crippen molar-refractivity contribution in [3.8, 4) is 5.75 Å². The van der Waals surface area contributed by atoms with Crippen molar-refractivity contribution in [1.82, 2.24) is 5.16 Å². The van der Waals surface area contributed by atoms with E-state index >= 15 is 0 Å². The first-order valence-electron chi connectivity index (χ1n) is 4.65. The molecule has 1 aromatic heterocycles. The second-order valence-electron chi connectivity index (χ2n) is 3.30. The molecule has 0 bridgehead atoms. The number of hydrogen-bond donors (Lipinski definition) is 0. The number of benzene rings is 1. The van der Waals surface area contributed by atoms with E-state index in [1.54, 1.807) is 18.2 Å². The lowest BCUT2D eigenvalue weighted by atomic mass is 10.3. The maximum absolute atomic E-state index is 5.82. The summed E-state index contributed by atoms with van der Waals surface area (Å²) < 4.78 is 11.4. The number of rotatable bonds is 3. The lowest BCUT2D eigenvalue weighted by Gasteiger charge is -2.05. The van der Waals surface area contributed by atoms with Crippen LogP contribution in [0.3, 0.4) is 0 Å². The molecule has 16 heavy (non-hydrogen) atoms. The zero-order valence-electron chi connectivity index (χ0n) is 8.54. The van der Waals surface area contributed by atoms with Crippen molar-refractivity contribution in [2.24, 2.45) is 0 Å².